The molecule has 64 valence electrons. The van der Waals surface area contributed by atoms with Crippen LogP contribution < -0.4 is 0 Å². The summed E-state index contributed by atoms with van der Waals surface area (Å²) in [6.07, 6.45) is 7.89. The van der Waals surface area contributed by atoms with Gasteiger partial charge in [-0.3, -0.25) is 0 Å². The van der Waals surface area contributed by atoms with E-state index in [4.69, 9.17) is 4.42 Å². The van der Waals surface area contributed by atoms with E-state index in [2.05, 4.69) is 0 Å². The maximum Gasteiger partial charge on any atom is 0.127 e. The van der Waals surface area contributed by atoms with Gasteiger partial charge in [0.2, 0.25) is 0 Å². The van der Waals surface area contributed by atoms with Crippen LogP contribution in [-0.4, -0.2) is 0 Å². The second kappa shape index (κ2) is 3.96. The summed E-state index contributed by atoms with van der Waals surface area (Å²) in [6.45, 7) is 6.01. The lowest BCUT2D eigenvalue weighted by Crippen LogP contribution is -1.63. The van der Waals surface area contributed by atoms with Crippen molar-refractivity contribution in [2.24, 2.45) is 0 Å². The molecule has 1 nitrogen and oxygen atoms in total. The van der Waals surface area contributed by atoms with Crippen LogP contribution in [0.3, 0.4) is 0 Å². The minimum Gasteiger partial charge on any atom is -0.462 e. The molecule has 0 unspecified atom stereocenters. The van der Waals surface area contributed by atoms with Crippen molar-refractivity contribution in [3.05, 3.63) is 41.4 Å². The van der Waals surface area contributed by atoms with Crippen molar-refractivity contribution < 1.29 is 4.42 Å². The summed E-state index contributed by atoms with van der Waals surface area (Å²) in [5.74, 6) is 1.92. The van der Waals surface area contributed by atoms with Gasteiger partial charge in [-0.1, -0.05) is 18.2 Å². The van der Waals surface area contributed by atoms with Crippen molar-refractivity contribution in [3.8, 4) is 0 Å². The summed E-state index contributed by atoms with van der Waals surface area (Å²) >= 11 is 0. The quantitative estimate of drug-likeness (QED) is 0.607. The van der Waals surface area contributed by atoms with Crippen molar-refractivity contribution in [1.29, 1.82) is 0 Å². The average molecular weight is 162 g/mol. The van der Waals surface area contributed by atoms with E-state index in [1.165, 1.54) is 5.56 Å². The van der Waals surface area contributed by atoms with Crippen molar-refractivity contribution in [1.82, 2.24) is 0 Å². The molecule has 0 aliphatic carbocycles. The minimum atomic E-state index is 0.920. The monoisotopic (exact) mass is 162 g/mol. The molecule has 1 heteroatoms. The summed E-state index contributed by atoms with van der Waals surface area (Å²) in [6, 6.07) is 2.04. The fourth-order valence-electron chi connectivity index (χ4n) is 0.945. The van der Waals surface area contributed by atoms with Gasteiger partial charge in [0, 0.05) is 0 Å². The van der Waals surface area contributed by atoms with Crippen LogP contribution in [0.1, 0.15) is 24.0 Å². The smallest absolute Gasteiger partial charge is 0.127 e. The first-order valence-electron chi connectivity index (χ1n) is 4.10. The molecule has 0 fully saturated rings. The molecule has 0 aliphatic heterocycles. The minimum absolute atomic E-state index is 0.920. The normalized spacial score (nSPS) is 11.9. The van der Waals surface area contributed by atoms with Gasteiger partial charge < -0.3 is 4.42 Å². The Hall–Kier alpha value is -1.24. The van der Waals surface area contributed by atoms with Crippen LogP contribution in [-0.2, 0) is 0 Å². The topological polar surface area (TPSA) is 13.1 Å². The van der Waals surface area contributed by atoms with Crippen LogP contribution in [0.4, 0.5) is 0 Å². The van der Waals surface area contributed by atoms with E-state index in [9.17, 15) is 0 Å². The Morgan fingerprint density at radius 3 is 2.50 bits per heavy atom. The molecule has 1 heterocycles. The molecule has 0 aromatic carbocycles. The molecule has 12 heavy (non-hydrogen) atoms. The third kappa shape index (κ3) is 2.12. The summed E-state index contributed by atoms with van der Waals surface area (Å²) < 4.78 is 5.44. The third-order valence-corrected chi connectivity index (χ3v) is 1.75. The molecule has 0 aliphatic rings. The first-order valence-corrected chi connectivity index (χ1v) is 4.10. The lowest BCUT2D eigenvalue weighted by atomic mass is 10.3. The predicted molar refractivity (Wildman–Crippen MR) is 52.0 cm³/mol. The van der Waals surface area contributed by atoms with Crippen LogP contribution in [0.2, 0.25) is 0 Å². The van der Waals surface area contributed by atoms with Crippen LogP contribution >= 0.6 is 0 Å². The van der Waals surface area contributed by atoms with Crippen LogP contribution in [0, 0.1) is 13.8 Å². The third-order valence-electron chi connectivity index (χ3n) is 1.75. The highest BCUT2D eigenvalue weighted by Crippen LogP contribution is 2.14. The Morgan fingerprint density at radius 2 is 2.00 bits per heavy atom. The summed E-state index contributed by atoms with van der Waals surface area (Å²) in [5.41, 5.74) is 1.20. The number of hydrogen-bond acceptors (Lipinski definition) is 1. The van der Waals surface area contributed by atoms with E-state index in [-0.39, 0.29) is 0 Å². The van der Waals surface area contributed by atoms with Crippen LogP contribution in [0.5, 0.6) is 0 Å². The van der Waals surface area contributed by atoms with E-state index in [0.29, 0.717) is 0 Å². The molecular formula is C11H14O. The maximum absolute atomic E-state index is 5.44. The van der Waals surface area contributed by atoms with Gasteiger partial charge in [0.25, 0.3) is 0 Å². The molecule has 0 bridgehead atoms. The molecule has 0 atom stereocenters. The first kappa shape index (κ1) is 8.85. The van der Waals surface area contributed by atoms with Gasteiger partial charge >= 0.3 is 0 Å². The van der Waals surface area contributed by atoms with Gasteiger partial charge in [0.1, 0.15) is 11.5 Å². The zero-order chi connectivity index (χ0) is 8.97. The predicted octanol–water partition coefficient (Wildman–Crippen LogP) is 3.49. The lowest BCUT2D eigenvalue weighted by molar-refractivity contribution is 0.523. The second-order valence-electron chi connectivity index (χ2n) is 2.77. The van der Waals surface area contributed by atoms with Crippen molar-refractivity contribution in [2.45, 2.75) is 20.8 Å². The fourth-order valence-corrected chi connectivity index (χ4v) is 0.945. The zero-order valence-corrected chi connectivity index (χ0v) is 7.79. The van der Waals surface area contributed by atoms with E-state index in [1.807, 2.05) is 51.1 Å². The number of furan rings is 1. The first-order chi connectivity index (χ1) is 5.74. The average Bonchev–Trinajstić information content (AvgIpc) is 2.32. The fraction of sp³-hybridized carbons (Fsp3) is 0.273. The highest BCUT2D eigenvalue weighted by molar-refractivity contribution is 5.47. The van der Waals surface area contributed by atoms with E-state index < -0.39 is 0 Å². The van der Waals surface area contributed by atoms with Gasteiger partial charge in [-0.05, 0) is 38.5 Å². The number of aryl methyl sites for hydroxylation is 2. The highest BCUT2D eigenvalue weighted by atomic mass is 16.3. The Bertz CT molecular complexity index is 283. The number of rotatable bonds is 2. The Balaban J connectivity index is 2.76. The maximum atomic E-state index is 5.44. The summed E-state index contributed by atoms with van der Waals surface area (Å²) in [7, 11) is 0. The molecule has 0 amide bonds. The van der Waals surface area contributed by atoms with Gasteiger partial charge in [-0.25, -0.2) is 0 Å². The molecule has 1 rings (SSSR count). The van der Waals surface area contributed by atoms with Crippen molar-refractivity contribution in [2.75, 3.05) is 0 Å². The van der Waals surface area contributed by atoms with Crippen molar-refractivity contribution in [3.63, 3.8) is 0 Å². The summed E-state index contributed by atoms with van der Waals surface area (Å²) in [5, 5.41) is 0. The van der Waals surface area contributed by atoms with Crippen LogP contribution in [0.15, 0.2) is 28.7 Å². The number of hydrogen-bond donors (Lipinski definition) is 0. The number of allylic oxidation sites excluding steroid dienone is 3. The summed E-state index contributed by atoms with van der Waals surface area (Å²) in [4.78, 5) is 0. The Kier molecular flexibility index (Phi) is 2.92. The highest BCUT2D eigenvalue weighted by Gasteiger charge is 1.98. The van der Waals surface area contributed by atoms with Crippen molar-refractivity contribution >= 4 is 6.08 Å². The molecule has 1 aromatic heterocycles. The Morgan fingerprint density at radius 1 is 1.25 bits per heavy atom. The van der Waals surface area contributed by atoms with Gasteiger partial charge in [-0.2, -0.15) is 0 Å². The molecular weight excluding hydrogens is 148 g/mol. The van der Waals surface area contributed by atoms with Gasteiger partial charge in [-0.15, -0.1) is 0 Å². The molecule has 0 radical (unpaired) electrons. The zero-order valence-electron chi connectivity index (χ0n) is 7.79. The molecule has 0 saturated carbocycles. The molecule has 0 N–H and O–H groups in total. The van der Waals surface area contributed by atoms with Gasteiger partial charge in [0.05, 0.1) is 0 Å². The molecule has 0 saturated heterocycles. The van der Waals surface area contributed by atoms with Crippen LogP contribution in [0.25, 0.3) is 6.08 Å². The Labute approximate surface area is 73.4 Å². The lowest BCUT2D eigenvalue weighted by Gasteiger charge is -1.82. The second-order valence-corrected chi connectivity index (χ2v) is 2.77. The molecule has 1 aromatic rings. The van der Waals surface area contributed by atoms with E-state index in [0.717, 1.165) is 11.5 Å². The largest absolute Gasteiger partial charge is 0.462 e. The SMILES string of the molecule is C/C=C/C=C/c1cc(C)c(C)o1. The standard InChI is InChI=1S/C11H14O/c1-4-5-6-7-11-8-9(2)10(3)12-11/h4-8H,1-3H3/b5-4+,7-6+. The molecule has 0 spiro atoms. The van der Waals surface area contributed by atoms with Gasteiger partial charge in [0.15, 0.2) is 0 Å². The van der Waals surface area contributed by atoms with E-state index in [1.54, 1.807) is 0 Å². The van der Waals surface area contributed by atoms with E-state index >= 15 is 0 Å².